The van der Waals surface area contributed by atoms with Crippen molar-refractivity contribution in [2.45, 2.75) is 63.4 Å². The van der Waals surface area contributed by atoms with E-state index in [-0.39, 0.29) is 5.91 Å². The minimum Gasteiger partial charge on any atom is -0.345 e. The molecule has 0 aliphatic heterocycles. The maximum atomic E-state index is 12.9. The Morgan fingerprint density at radius 3 is 2.33 bits per heavy atom. The zero-order valence-electron chi connectivity index (χ0n) is 21.1. The normalized spacial score (nSPS) is 10.9. The molecule has 0 saturated heterocycles. The van der Waals surface area contributed by atoms with Crippen molar-refractivity contribution in [3.05, 3.63) is 107 Å². The number of benzene rings is 3. The molecule has 0 aliphatic rings. The van der Waals surface area contributed by atoms with Crippen molar-refractivity contribution in [1.29, 1.82) is 0 Å². The maximum absolute atomic E-state index is 12.9. The molecule has 4 aromatic rings. The van der Waals surface area contributed by atoms with Gasteiger partial charge in [-0.15, -0.1) is 10.2 Å². The molecule has 0 unspecified atom stereocenters. The van der Waals surface area contributed by atoms with Gasteiger partial charge < -0.3 is 5.32 Å². The highest BCUT2D eigenvalue weighted by Gasteiger charge is 2.16. The van der Waals surface area contributed by atoms with Crippen LogP contribution in [-0.4, -0.2) is 20.7 Å². The third-order valence-electron chi connectivity index (χ3n) is 6.15. The third-order valence-corrected chi connectivity index (χ3v) is 7.15. The highest BCUT2D eigenvalue weighted by molar-refractivity contribution is 7.98. The number of nitrogens with one attached hydrogen (secondary N) is 1. The van der Waals surface area contributed by atoms with Gasteiger partial charge in [0.05, 0.1) is 6.54 Å². The first-order valence-corrected chi connectivity index (χ1v) is 13.7. The lowest BCUT2D eigenvalue weighted by atomic mass is 10.0. The summed E-state index contributed by atoms with van der Waals surface area (Å²) in [5.41, 5.74) is 5.34. The van der Waals surface area contributed by atoms with E-state index in [0.29, 0.717) is 17.9 Å². The second-order valence-corrected chi connectivity index (χ2v) is 9.98. The average molecular weight is 499 g/mol. The molecular weight excluding hydrogens is 464 g/mol. The molecule has 0 saturated carbocycles. The quantitative estimate of drug-likeness (QED) is 0.170. The number of rotatable bonds is 12. The summed E-state index contributed by atoms with van der Waals surface area (Å²) in [5.74, 6) is 1.39. The molecule has 0 atom stereocenters. The molecule has 1 heterocycles. The molecule has 0 radical (unpaired) electrons. The highest BCUT2D eigenvalue weighted by Crippen LogP contribution is 2.25. The molecule has 0 aliphatic carbocycles. The fraction of sp³-hybridized carbons (Fsp3) is 0.300. The summed E-state index contributed by atoms with van der Waals surface area (Å²) >= 11 is 1.64. The SMILES string of the molecule is CCCCCCc1ccc(C(=O)NCc2nnc(SCc3ccccc3)n2-c2ccc(C)cc2)cc1. The Balaban J connectivity index is 1.44. The number of carbonyl (C=O) groups is 1. The molecule has 5 nitrogen and oxygen atoms in total. The summed E-state index contributed by atoms with van der Waals surface area (Å²) in [4.78, 5) is 12.9. The van der Waals surface area contributed by atoms with Crippen molar-refractivity contribution in [3.63, 3.8) is 0 Å². The van der Waals surface area contributed by atoms with Gasteiger partial charge in [-0.05, 0) is 55.2 Å². The fourth-order valence-corrected chi connectivity index (χ4v) is 4.95. The first-order chi connectivity index (χ1) is 17.6. The Labute approximate surface area is 218 Å². The lowest BCUT2D eigenvalue weighted by molar-refractivity contribution is 0.0949. The Kier molecular flexibility index (Phi) is 9.33. The predicted molar refractivity (Wildman–Crippen MR) is 148 cm³/mol. The van der Waals surface area contributed by atoms with Crippen molar-refractivity contribution in [1.82, 2.24) is 20.1 Å². The third kappa shape index (κ3) is 7.08. The smallest absolute Gasteiger partial charge is 0.251 e. The van der Waals surface area contributed by atoms with Crippen LogP contribution in [0.3, 0.4) is 0 Å². The van der Waals surface area contributed by atoms with Crippen LogP contribution in [0.15, 0.2) is 84.0 Å². The molecule has 6 heteroatoms. The van der Waals surface area contributed by atoms with Crippen LogP contribution in [0, 0.1) is 6.92 Å². The number of aromatic nitrogens is 3. The lowest BCUT2D eigenvalue weighted by Crippen LogP contribution is -2.24. The van der Waals surface area contributed by atoms with Crippen LogP contribution in [0.4, 0.5) is 0 Å². The Morgan fingerprint density at radius 2 is 1.61 bits per heavy atom. The molecule has 0 fully saturated rings. The molecule has 0 bridgehead atoms. The summed E-state index contributed by atoms with van der Waals surface area (Å²) in [6.45, 7) is 4.59. The summed E-state index contributed by atoms with van der Waals surface area (Å²) in [6.07, 6.45) is 6.03. The van der Waals surface area contributed by atoms with Crippen molar-refractivity contribution in [2.75, 3.05) is 0 Å². The number of hydrogen-bond donors (Lipinski definition) is 1. The minimum atomic E-state index is -0.107. The van der Waals surface area contributed by atoms with Crippen molar-refractivity contribution in [3.8, 4) is 5.69 Å². The van der Waals surface area contributed by atoms with Crippen molar-refractivity contribution in [2.24, 2.45) is 0 Å². The number of thioether (sulfide) groups is 1. The summed E-state index contributed by atoms with van der Waals surface area (Å²) in [6, 6.07) is 26.6. The Bertz CT molecular complexity index is 1230. The monoisotopic (exact) mass is 498 g/mol. The van der Waals surface area contributed by atoms with Crippen LogP contribution in [0.5, 0.6) is 0 Å². The van der Waals surface area contributed by atoms with Crippen molar-refractivity contribution < 1.29 is 4.79 Å². The van der Waals surface area contributed by atoms with Gasteiger partial charge in [-0.25, -0.2) is 0 Å². The number of amides is 1. The first-order valence-electron chi connectivity index (χ1n) is 12.7. The standard InChI is InChI=1S/C30H34N4OS/c1-3-4-5-7-10-24-15-17-26(18-16-24)29(35)31-21-28-32-33-30(36-22-25-11-8-6-9-12-25)34(28)27-19-13-23(2)14-20-27/h6,8-9,11-20H,3-5,7,10,21-22H2,1-2H3,(H,31,35). The van der Waals surface area contributed by atoms with Gasteiger partial charge in [-0.3, -0.25) is 9.36 Å². The van der Waals surface area contributed by atoms with Crippen LogP contribution in [0.1, 0.15) is 65.5 Å². The number of hydrogen-bond acceptors (Lipinski definition) is 4. The highest BCUT2D eigenvalue weighted by atomic mass is 32.2. The van der Waals surface area contributed by atoms with Crippen LogP contribution >= 0.6 is 11.8 Å². The summed E-state index contributed by atoms with van der Waals surface area (Å²) in [7, 11) is 0. The number of aryl methyl sites for hydroxylation is 2. The topological polar surface area (TPSA) is 59.8 Å². The van der Waals surface area contributed by atoms with E-state index in [1.165, 1.54) is 42.4 Å². The van der Waals surface area contributed by atoms with E-state index in [0.717, 1.165) is 23.0 Å². The molecule has 36 heavy (non-hydrogen) atoms. The van der Waals surface area contributed by atoms with Gasteiger partial charge in [-0.1, -0.05) is 98.1 Å². The zero-order chi connectivity index (χ0) is 25.2. The summed E-state index contributed by atoms with van der Waals surface area (Å²) in [5, 5.41) is 12.7. The van der Waals surface area contributed by atoms with Crippen LogP contribution in [-0.2, 0) is 18.7 Å². The van der Waals surface area contributed by atoms with Gasteiger partial charge >= 0.3 is 0 Å². The van der Waals surface area contributed by atoms with E-state index in [1.807, 2.05) is 34.9 Å². The van der Waals surface area contributed by atoms with Gasteiger partial charge in [0.15, 0.2) is 11.0 Å². The fourth-order valence-electron chi connectivity index (χ4n) is 4.02. The zero-order valence-corrected chi connectivity index (χ0v) is 21.9. The minimum absolute atomic E-state index is 0.107. The van der Waals surface area contributed by atoms with Gasteiger partial charge in [-0.2, -0.15) is 0 Å². The molecule has 1 amide bonds. The van der Waals surface area contributed by atoms with Gasteiger partial charge in [0, 0.05) is 17.0 Å². The van der Waals surface area contributed by atoms with Crippen molar-refractivity contribution >= 4 is 17.7 Å². The predicted octanol–water partition coefficient (Wildman–Crippen LogP) is 6.92. The van der Waals surface area contributed by atoms with E-state index in [9.17, 15) is 4.79 Å². The van der Waals surface area contributed by atoms with E-state index < -0.39 is 0 Å². The van der Waals surface area contributed by atoms with E-state index >= 15 is 0 Å². The van der Waals surface area contributed by atoms with Gasteiger partial charge in [0.1, 0.15) is 0 Å². The second kappa shape index (κ2) is 13.1. The van der Waals surface area contributed by atoms with E-state index in [4.69, 9.17) is 0 Å². The van der Waals surface area contributed by atoms with Crippen LogP contribution < -0.4 is 5.32 Å². The molecule has 1 aromatic heterocycles. The molecule has 4 rings (SSSR count). The lowest BCUT2D eigenvalue weighted by Gasteiger charge is -2.12. The molecule has 1 N–H and O–H groups in total. The molecule has 0 spiro atoms. The average Bonchev–Trinajstić information content (AvgIpc) is 3.32. The van der Waals surface area contributed by atoms with Crippen LogP contribution in [0.25, 0.3) is 5.69 Å². The Hall–Kier alpha value is -3.38. The van der Waals surface area contributed by atoms with Gasteiger partial charge in [0.25, 0.3) is 5.91 Å². The number of carbonyl (C=O) groups excluding carboxylic acids is 1. The van der Waals surface area contributed by atoms with Crippen LogP contribution in [0.2, 0.25) is 0 Å². The second-order valence-electron chi connectivity index (χ2n) is 9.03. The van der Waals surface area contributed by atoms with Gasteiger partial charge in [0.2, 0.25) is 0 Å². The molecule has 3 aromatic carbocycles. The largest absolute Gasteiger partial charge is 0.345 e. The van der Waals surface area contributed by atoms with E-state index in [1.54, 1.807) is 11.8 Å². The summed E-state index contributed by atoms with van der Waals surface area (Å²) < 4.78 is 2.03. The maximum Gasteiger partial charge on any atom is 0.251 e. The van der Waals surface area contributed by atoms with E-state index in [2.05, 4.69) is 77.9 Å². The first kappa shape index (κ1) is 25.7. The molecule has 186 valence electrons. The number of nitrogens with zero attached hydrogens (tertiary/aromatic N) is 3. The number of unbranched alkanes of at least 4 members (excludes halogenated alkanes) is 3. The molecular formula is C30H34N4OS. The Morgan fingerprint density at radius 1 is 0.861 bits per heavy atom.